The van der Waals surface area contributed by atoms with Gasteiger partial charge in [0.05, 0.1) is 24.3 Å². The number of anilines is 1. The van der Waals surface area contributed by atoms with E-state index in [4.69, 9.17) is 4.74 Å². The molecule has 0 aliphatic carbocycles. The van der Waals surface area contributed by atoms with Crippen LogP contribution in [0.5, 0.6) is 5.75 Å². The van der Waals surface area contributed by atoms with Crippen LogP contribution in [0.25, 0.3) is 0 Å². The van der Waals surface area contributed by atoms with Gasteiger partial charge in [-0.2, -0.15) is 13.2 Å². The van der Waals surface area contributed by atoms with Crippen LogP contribution in [-0.4, -0.2) is 23.9 Å². The Labute approximate surface area is 148 Å². The summed E-state index contributed by atoms with van der Waals surface area (Å²) in [5.74, 6) is -0.467. The Balaban J connectivity index is 2.22. The number of Topliss-reactive ketones (excluding diaryl/α,β-unsaturated/α-hetero) is 1. The molecule has 2 rings (SSSR count). The van der Waals surface area contributed by atoms with E-state index in [2.05, 4.69) is 10.3 Å². The van der Waals surface area contributed by atoms with Gasteiger partial charge in [0.15, 0.2) is 5.78 Å². The zero-order valence-electron chi connectivity index (χ0n) is 14.3. The van der Waals surface area contributed by atoms with Crippen molar-refractivity contribution in [2.75, 3.05) is 18.5 Å². The molecule has 0 aliphatic heterocycles. The number of benzene rings is 1. The number of ketones is 1. The van der Waals surface area contributed by atoms with Gasteiger partial charge in [-0.3, -0.25) is 9.59 Å². The number of H-pyrrole nitrogens is 1. The van der Waals surface area contributed by atoms with Gasteiger partial charge in [0.1, 0.15) is 5.75 Å². The summed E-state index contributed by atoms with van der Waals surface area (Å²) in [4.78, 5) is 26.1. The molecule has 0 saturated carbocycles. The predicted molar refractivity (Wildman–Crippen MR) is 91.7 cm³/mol. The van der Waals surface area contributed by atoms with Crippen LogP contribution in [-0.2, 0) is 6.18 Å². The molecule has 0 radical (unpaired) electrons. The van der Waals surface area contributed by atoms with Crippen molar-refractivity contribution in [1.82, 2.24) is 4.98 Å². The fraction of sp³-hybridized carbons (Fsp3) is 0.333. The lowest BCUT2D eigenvalue weighted by atomic mass is 10.1. The summed E-state index contributed by atoms with van der Waals surface area (Å²) in [6, 6.07) is 5.64. The van der Waals surface area contributed by atoms with Crippen molar-refractivity contribution >= 4 is 11.5 Å². The maximum Gasteiger partial charge on any atom is 0.416 e. The largest absolute Gasteiger partial charge is 0.493 e. The highest BCUT2D eigenvalue weighted by Crippen LogP contribution is 2.33. The lowest BCUT2D eigenvalue weighted by Crippen LogP contribution is -2.18. The van der Waals surface area contributed by atoms with Gasteiger partial charge in [-0.15, -0.1) is 0 Å². The highest BCUT2D eigenvalue weighted by atomic mass is 19.4. The van der Waals surface area contributed by atoms with Crippen LogP contribution in [0.2, 0.25) is 0 Å². The van der Waals surface area contributed by atoms with E-state index in [1.165, 1.54) is 12.3 Å². The smallest absolute Gasteiger partial charge is 0.416 e. The first-order valence-electron chi connectivity index (χ1n) is 7.96. The molecule has 1 aromatic carbocycles. The lowest BCUT2D eigenvalue weighted by molar-refractivity contribution is -0.137. The van der Waals surface area contributed by atoms with Gasteiger partial charge >= 0.3 is 6.18 Å². The van der Waals surface area contributed by atoms with E-state index in [1.54, 1.807) is 6.07 Å². The van der Waals surface area contributed by atoms with Gasteiger partial charge in [0.2, 0.25) is 5.56 Å². The maximum absolute atomic E-state index is 12.9. The number of carbonyl (C=O) groups excluding carboxylic acids is 1. The first-order valence-corrected chi connectivity index (χ1v) is 7.96. The molecule has 0 spiro atoms. The molecule has 0 unspecified atom stereocenters. The number of ether oxygens (including phenoxy) is 1. The monoisotopic (exact) mass is 368 g/mol. The standard InChI is InChI=1S/C18H19F3N2O3/c1-11(2)10-26-16-7-12(18(19,20)21)3-4-14(16)15(24)9-23-13-5-6-22-17(25)8-13/h3-8,11H,9-10H2,1-2H3,(H2,22,23,25). The fourth-order valence-electron chi connectivity index (χ4n) is 2.14. The molecule has 0 saturated heterocycles. The average molecular weight is 368 g/mol. The Kier molecular flexibility index (Phi) is 6.07. The molecule has 0 amide bonds. The van der Waals surface area contributed by atoms with Crippen LogP contribution in [0.15, 0.2) is 41.3 Å². The lowest BCUT2D eigenvalue weighted by Gasteiger charge is -2.15. The molecule has 5 nitrogen and oxygen atoms in total. The van der Waals surface area contributed by atoms with Crippen LogP contribution in [0.3, 0.4) is 0 Å². The van der Waals surface area contributed by atoms with Gasteiger partial charge in [-0.1, -0.05) is 13.8 Å². The number of aromatic amines is 1. The normalized spacial score (nSPS) is 11.5. The van der Waals surface area contributed by atoms with E-state index >= 15 is 0 Å². The third-order valence-corrected chi connectivity index (χ3v) is 3.41. The third-order valence-electron chi connectivity index (χ3n) is 3.41. The van der Waals surface area contributed by atoms with E-state index in [0.717, 1.165) is 18.2 Å². The minimum Gasteiger partial charge on any atom is -0.493 e. The first-order chi connectivity index (χ1) is 12.2. The van der Waals surface area contributed by atoms with Gasteiger partial charge in [0.25, 0.3) is 0 Å². The van der Waals surface area contributed by atoms with Gasteiger partial charge in [-0.25, -0.2) is 0 Å². The molecule has 0 atom stereocenters. The number of hydrogen-bond acceptors (Lipinski definition) is 4. The summed E-state index contributed by atoms with van der Waals surface area (Å²) in [6.45, 7) is 3.70. The quantitative estimate of drug-likeness (QED) is 0.731. The van der Waals surface area contributed by atoms with Crippen LogP contribution in [0.4, 0.5) is 18.9 Å². The Morgan fingerprint density at radius 1 is 1.23 bits per heavy atom. The Morgan fingerprint density at radius 3 is 2.58 bits per heavy atom. The molecule has 140 valence electrons. The highest BCUT2D eigenvalue weighted by Gasteiger charge is 2.32. The summed E-state index contributed by atoms with van der Waals surface area (Å²) >= 11 is 0. The van der Waals surface area contributed by atoms with Crippen LogP contribution >= 0.6 is 0 Å². The minimum atomic E-state index is -4.53. The molecule has 26 heavy (non-hydrogen) atoms. The number of carbonyl (C=O) groups is 1. The van der Waals surface area contributed by atoms with Crippen LogP contribution in [0.1, 0.15) is 29.8 Å². The Bertz CT molecular complexity index is 829. The topological polar surface area (TPSA) is 71.2 Å². The second kappa shape index (κ2) is 8.07. The number of aromatic nitrogens is 1. The van der Waals surface area contributed by atoms with Gasteiger partial charge < -0.3 is 15.0 Å². The second-order valence-corrected chi connectivity index (χ2v) is 6.13. The molecular weight excluding hydrogens is 349 g/mol. The van der Waals surface area contributed by atoms with E-state index in [-0.39, 0.29) is 35.9 Å². The Morgan fingerprint density at radius 2 is 1.96 bits per heavy atom. The summed E-state index contributed by atoms with van der Waals surface area (Å²) in [7, 11) is 0. The number of rotatable bonds is 7. The second-order valence-electron chi connectivity index (χ2n) is 6.13. The molecule has 0 fully saturated rings. The van der Waals surface area contributed by atoms with Crippen molar-refractivity contribution in [3.8, 4) is 5.75 Å². The van der Waals surface area contributed by atoms with E-state index in [0.29, 0.717) is 5.69 Å². The average Bonchev–Trinajstić information content (AvgIpc) is 2.57. The van der Waals surface area contributed by atoms with Gasteiger partial charge in [-0.05, 0) is 30.2 Å². The van der Waals surface area contributed by atoms with Crippen molar-refractivity contribution in [2.45, 2.75) is 20.0 Å². The number of pyridine rings is 1. The maximum atomic E-state index is 12.9. The molecule has 2 aromatic rings. The van der Waals surface area contributed by atoms with Crippen molar-refractivity contribution < 1.29 is 22.7 Å². The zero-order chi connectivity index (χ0) is 19.3. The van der Waals surface area contributed by atoms with Crippen LogP contribution in [0, 0.1) is 5.92 Å². The highest BCUT2D eigenvalue weighted by molar-refractivity contribution is 6.01. The van der Waals surface area contributed by atoms with Crippen molar-refractivity contribution in [2.24, 2.45) is 5.92 Å². The van der Waals surface area contributed by atoms with Crippen molar-refractivity contribution in [3.05, 3.63) is 58.0 Å². The number of hydrogen-bond donors (Lipinski definition) is 2. The molecule has 1 heterocycles. The Hall–Kier alpha value is -2.77. The first kappa shape index (κ1) is 19.6. The van der Waals surface area contributed by atoms with Crippen molar-refractivity contribution in [1.29, 1.82) is 0 Å². The number of nitrogens with one attached hydrogen (secondary N) is 2. The molecule has 8 heteroatoms. The van der Waals surface area contributed by atoms with Crippen molar-refractivity contribution in [3.63, 3.8) is 0 Å². The summed E-state index contributed by atoms with van der Waals surface area (Å²) in [6.07, 6.45) is -3.11. The SMILES string of the molecule is CC(C)COc1cc(C(F)(F)F)ccc1C(=O)CNc1cc[nH]c(=O)c1. The third kappa shape index (κ3) is 5.37. The fourth-order valence-corrected chi connectivity index (χ4v) is 2.14. The predicted octanol–water partition coefficient (Wildman–Crippen LogP) is 3.72. The number of halogens is 3. The molecule has 1 aromatic heterocycles. The van der Waals surface area contributed by atoms with Gasteiger partial charge in [0, 0.05) is 18.0 Å². The summed E-state index contributed by atoms with van der Waals surface area (Å²) < 4.78 is 44.2. The number of alkyl halides is 3. The van der Waals surface area contributed by atoms with Crippen LogP contribution < -0.4 is 15.6 Å². The van der Waals surface area contributed by atoms with E-state index in [9.17, 15) is 22.8 Å². The summed E-state index contributed by atoms with van der Waals surface area (Å²) in [5.41, 5.74) is -0.733. The molecule has 0 aliphatic rings. The van der Waals surface area contributed by atoms with E-state index < -0.39 is 17.5 Å². The minimum absolute atomic E-state index is 0.0518. The summed E-state index contributed by atoms with van der Waals surface area (Å²) in [5, 5.41) is 2.77. The zero-order valence-corrected chi connectivity index (χ0v) is 14.3. The van der Waals surface area contributed by atoms with E-state index in [1.807, 2.05) is 13.8 Å². The molecule has 2 N–H and O–H groups in total. The molecular formula is C18H19F3N2O3. The molecule has 0 bridgehead atoms.